The number of methoxy groups -OCH3 is 1. The van der Waals surface area contributed by atoms with Crippen molar-refractivity contribution >= 4 is 0 Å². The first kappa shape index (κ1) is 13.8. The molecule has 0 aliphatic carbocycles. The maximum absolute atomic E-state index is 6.28. The zero-order chi connectivity index (χ0) is 13.3. The summed E-state index contributed by atoms with van der Waals surface area (Å²) in [5.41, 5.74) is 6.57. The molecule has 3 aliphatic heterocycles. The molecule has 2 N–H and O–H groups in total. The Kier molecular flexibility index (Phi) is 4.13. The van der Waals surface area contributed by atoms with Crippen molar-refractivity contribution < 1.29 is 4.74 Å². The van der Waals surface area contributed by atoms with Crippen LogP contribution >= 0.6 is 0 Å². The van der Waals surface area contributed by atoms with Gasteiger partial charge in [0, 0.05) is 32.3 Å². The molecule has 3 fully saturated rings. The highest BCUT2D eigenvalue weighted by Crippen LogP contribution is 2.41. The lowest BCUT2D eigenvalue weighted by Crippen LogP contribution is -2.64. The van der Waals surface area contributed by atoms with Crippen LogP contribution in [-0.2, 0) is 4.74 Å². The minimum absolute atomic E-state index is 0.291. The largest absolute Gasteiger partial charge is 0.384 e. The highest BCUT2D eigenvalue weighted by atomic mass is 16.5. The number of ether oxygens (including phenoxy) is 1. The monoisotopic (exact) mass is 267 g/mol. The van der Waals surface area contributed by atoms with Crippen LogP contribution in [0, 0.1) is 11.8 Å². The summed E-state index contributed by atoms with van der Waals surface area (Å²) in [4.78, 5) is 5.36. The number of piperidine rings is 2. The lowest BCUT2D eigenvalue weighted by Gasteiger charge is -2.52. The molecule has 19 heavy (non-hydrogen) atoms. The van der Waals surface area contributed by atoms with Crippen molar-refractivity contribution in [3.8, 4) is 0 Å². The Hall–Kier alpha value is -0.160. The molecule has 0 aromatic carbocycles. The molecule has 0 radical (unpaired) electrons. The number of nitrogens with two attached hydrogens (primary N) is 1. The molecule has 0 aromatic heterocycles. The Morgan fingerprint density at radius 3 is 2.89 bits per heavy atom. The summed E-state index contributed by atoms with van der Waals surface area (Å²) in [5.74, 6) is 1.51. The van der Waals surface area contributed by atoms with Gasteiger partial charge in [-0.3, -0.25) is 4.90 Å². The molecule has 3 heterocycles. The van der Waals surface area contributed by atoms with Crippen LogP contribution in [0.1, 0.15) is 25.7 Å². The standard InChI is InChI=1S/C15H29N3O/c1-19-11-13-3-2-6-18(9-13)15(12-16)5-8-17-7-4-14(15)10-17/h13-14H,2-12,16H2,1H3. The summed E-state index contributed by atoms with van der Waals surface area (Å²) < 4.78 is 5.38. The van der Waals surface area contributed by atoms with Crippen LogP contribution in [0.3, 0.4) is 0 Å². The Morgan fingerprint density at radius 1 is 1.21 bits per heavy atom. The third-order valence-corrected chi connectivity index (χ3v) is 5.80. The van der Waals surface area contributed by atoms with Gasteiger partial charge in [0.1, 0.15) is 0 Å². The number of hydrogen-bond acceptors (Lipinski definition) is 4. The van der Waals surface area contributed by atoms with E-state index in [2.05, 4.69) is 9.80 Å². The van der Waals surface area contributed by atoms with Crippen LogP contribution in [0.2, 0.25) is 0 Å². The van der Waals surface area contributed by atoms with Crippen LogP contribution in [0.15, 0.2) is 0 Å². The topological polar surface area (TPSA) is 41.7 Å². The van der Waals surface area contributed by atoms with Gasteiger partial charge in [0.2, 0.25) is 0 Å². The van der Waals surface area contributed by atoms with E-state index in [1.807, 2.05) is 7.11 Å². The van der Waals surface area contributed by atoms with Crippen molar-refractivity contribution in [2.45, 2.75) is 31.2 Å². The first-order valence-corrected chi connectivity index (χ1v) is 7.95. The Balaban J connectivity index is 1.73. The Morgan fingerprint density at radius 2 is 2.11 bits per heavy atom. The minimum Gasteiger partial charge on any atom is -0.384 e. The van der Waals surface area contributed by atoms with Gasteiger partial charge < -0.3 is 15.4 Å². The zero-order valence-corrected chi connectivity index (χ0v) is 12.3. The minimum atomic E-state index is 0.291. The molecule has 2 bridgehead atoms. The van der Waals surface area contributed by atoms with Crippen molar-refractivity contribution in [3.05, 3.63) is 0 Å². The second-order valence-electron chi connectivity index (χ2n) is 6.75. The molecule has 3 aliphatic rings. The zero-order valence-electron chi connectivity index (χ0n) is 12.3. The highest BCUT2D eigenvalue weighted by Gasteiger charge is 2.49. The number of rotatable bonds is 4. The summed E-state index contributed by atoms with van der Waals surface area (Å²) in [6, 6.07) is 0. The van der Waals surface area contributed by atoms with Crippen molar-refractivity contribution in [2.24, 2.45) is 17.6 Å². The maximum atomic E-state index is 6.28. The molecule has 0 aromatic rings. The smallest absolute Gasteiger partial charge is 0.0502 e. The second-order valence-corrected chi connectivity index (χ2v) is 6.75. The van der Waals surface area contributed by atoms with Crippen LogP contribution in [0.25, 0.3) is 0 Å². The molecule has 4 nitrogen and oxygen atoms in total. The fraction of sp³-hybridized carbons (Fsp3) is 1.00. The van der Waals surface area contributed by atoms with Crippen molar-refractivity contribution in [2.75, 3.05) is 53.0 Å². The average molecular weight is 267 g/mol. The van der Waals surface area contributed by atoms with E-state index < -0.39 is 0 Å². The fourth-order valence-corrected chi connectivity index (χ4v) is 4.69. The molecule has 0 spiro atoms. The molecule has 0 saturated carbocycles. The summed E-state index contributed by atoms with van der Waals surface area (Å²) in [5, 5.41) is 0. The number of likely N-dealkylation sites (tertiary alicyclic amines) is 1. The highest BCUT2D eigenvalue weighted by molar-refractivity contribution is 5.06. The number of hydrogen-bond donors (Lipinski definition) is 1. The van der Waals surface area contributed by atoms with Gasteiger partial charge in [-0.2, -0.15) is 0 Å². The number of fused-ring (bicyclic) bond motifs is 2. The van der Waals surface area contributed by atoms with Crippen LogP contribution in [0.5, 0.6) is 0 Å². The molecular weight excluding hydrogens is 238 g/mol. The van der Waals surface area contributed by atoms with Gasteiger partial charge in [-0.05, 0) is 57.2 Å². The first-order chi connectivity index (χ1) is 9.28. The van der Waals surface area contributed by atoms with Gasteiger partial charge in [0.25, 0.3) is 0 Å². The summed E-state index contributed by atoms with van der Waals surface area (Å²) in [7, 11) is 1.83. The molecule has 3 saturated heterocycles. The van der Waals surface area contributed by atoms with Gasteiger partial charge >= 0.3 is 0 Å². The summed E-state index contributed by atoms with van der Waals surface area (Å²) >= 11 is 0. The third kappa shape index (κ3) is 2.44. The summed E-state index contributed by atoms with van der Waals surface area (Å²) in [6.45, 7) is 8.01. The van der Waals surface area contributed by atoms with Gasteiger partial charge in [-0.25, -0.2) is 0 Å². The second kappa shape index (κ2) is 5.68. The van der Waals surface area contributed by atoms with Crippen LogP contribution in [-0.4, -0.2) is 68.3 Å². The van der Waals surface area contributed by atoms with E-state index in [0.717, 1.165) is 19.1 Å². The van der Waals surface area contributed by atoms with Crippen LogP contribution < -0.4 is 5.73 Å². The Bertz CT molecular complexity index is 310. The van der Waals surface area contributed by atoms with Crippen molar-refractivity contribution in [3.63, 3.8) is 0 Å². The third-order valence-electron chi connectivity index (χ3n) is 5.80. The van der Waals surface area contributed by atoms with E-state index >= 15 is 0 Å². The lowest BCUT2D eigenvalue weighted by atomic mass is 9.75. The van der Waals surface area contributed by atoms with Gasteiger partial charge in [0.05, 0.1) is 6.61 Å². The van der Waals surface area contributed by atoms with Gasteiger partial charge in [0.15, 0.2) is 0 Å². The molecule has 3 rings (SSSR count). The fourth-order valence-electron chi connectivity index (χ4n) is 4.69. The quantitative estimate of drug-likeness (QED) is 0.817. The van der Waals surface area contributed by atoms with Crippen molar-refractivity contribution in [1.29, 1.82) is 0 Å². The van der Waals surface area contributed by atoms with E-state index in [1.165, 1.54) is 58.4 Å². The molecule has 110 valence electrons. The number of nitrogens with zero attached hydrogens (tertiary/aromatic N) is 2. The van der Waals surface area contributed by atoms with E-state index in [1.54, 1.807) is 0 Å². The van der Waals surface area contributed by atoms with Gasteiger partial charge in [-0.15, -0.1) is 0 Å². The van der Waals surface area contributed by atoms with E-state index in [-0.39, 0.29) is 0 Å². The van der Waals surface area contributed by atoms with E-state index in [0.29, 0.717) is 11.5 Å². The average Bonchev–Trinajstić information content (AvgIpc) is 2.84. The SMILES string of the molecule is COCC1CCCN(C2(CN)CCN3CCC2C3)C1. The normalized spacial score (nSPS) is 43.6. The van der Waals surface area contributed by atoms with Gasteiger partial charge in [-0.1, -0.05) is 0 Å². The molecular formula is C15H29N3O. The summed E-state index contributed by atoms with van der Waals surface area (Å²) in [6.07, 6.45) is 5.25. The molecule has 4 unspecified atom stereocenters. The van der Waals surface area contributed by atoms with E-state index in [4.69, 9.17) is 10.5 Å². The predicted octanol–water partition coefficient (Wildman–Crippen LogP) is 0.768. The molecule has 4 heteroatoms. The molecule has 4 atom stereocenters. The lowest BCUT2D eigenvalue weighted by molar-refractivity contribution is -0.0294. The Labute approximate surface area is 117 Å². The van der Waals surface area contributed by atoms with E-state index in [9.17, 15) is 0 Å². The first-order valence-electron chi connectivity index (χ1n) is 7.95. The predicted molar refractivity (Wildman–Crippen MR) is 77.1 cm³/mol. The van der Waals surface area contributed by atoms with Crippen molar-refractivity contribution in [1.82, 2.24) is 9.80 Å². The molecule has 0 amide bonds. The maximum Gasteiger partial charge on any atom is 0.0502 e. The van der Waals surface area contributed by atoms with Crippen LogP contribution in [0.4, 0.5) is 0 Å².